The fourth-order valence-electron chi connectivity index (χ4n) is 3.31. The Morgan fingerprint density at radius 1 is 0.926 bits per heavy atom. The largest absolute Gasteiger partial charge is 0.481 e. The first-order valence-electron chi connectivity index (χ1n) is 10.6. The summed E-state index contributed by atoms with van der Waals surface area (Å²) < 4.78 is 1.71. The molecule has 1 rings (SSSR count). The van der Waals surface area contributed by atoms with E-state index in [4.69, 9.17) is 5.11 Å². The van der Waals surface area contributed by atoms with Gasteiger partial charge >= 0.3 is 5.97 Å². The van der Waals surface area contributed by atoms with Crippen molar-refractivity contribution in [1.29, 1.82) is 0 Å². The first-order chi connectivity index (χ1) is 13.1. The summed E-state index contributed by atoms with van der Waals surface area (Å²) in [7, 11) is 0. The zero-order chi connectivity index (χ0) is 19.7. The standard InChI is InChI=1S/C20H38N4O3/c1-2-3-4-5-8-11-14-19(25)18(23-24-16-21-22-17-24)13-10-7-6-9-12-15-20(26)27/h16-19,23,25H,2-15H2,1H3,(H,26,27). The Balaban J connectivity index is 2.26. The fraction of sp³-hybridized carbons (Fsp3) is 0.850. The average Bonchev–Trinajstić information content (AvgIpc) is 3.15. The Morgan fingerprint density at radius 2 is 1.48 bits per heavy atom. The Kier molecular flexibility index (Phi) is 13.4. The summed E-state index contributed by atoms with van der Waals surface area (Å²) in [5.74, 6) is -0.717. The molecule has 156 valence electrons. The maximum Gasteiger partial charge on any atom is 0.303 e. The van der Waals surface area contributed by atoms with E-state index in [-0.39, 0.29) is 18.6 Å². The molecule has 1 aromatic rings. The number of nitrogens with zero attached hydrogens (tertiary/aromatic N) is 3. The molecule has 0 spiro atoms. The number of aliphatic carboxylic acids is 1. The molecule has 27 heavy (non-hydrogen) atoms. The molecule has 1 heterocycles. The second kappa shape index (κ2) is 15.4. The topological polar surface area (TPSA) is 100 Å². The molecule has 2 unspecified atom stereocenters. The number of aliphatic hydroxyl groups is 1. The van der Waals surface area contributed by atoms with Crippen LogP contribution in [0.15, 0.2) is 12.7 Å². The number of carboxylic acid groups (broad SMARTS) is 1. The second-order valence-corrected chi connectivity index (χ2v) is 7.43. The van der Waals surface area contributed by atoms with Gasteiger partial charge < -0.3 is 15.6 Å². The highest BCUT2D eigenvalue weighted by Gasteiger charge is 2.18. The normalized spacial score (nSPS) is 13.4. The Hall–Kier alpha value is -1.63. The van der Waals surface area contributed by atoms with Gasteiger partial charge in [-0.1, -0.05) is 71.1 Å². The van der Waals surface area contributed by atoms with E-state index in [0.29, 0.717) is 0 Å². The minimum absolute atomic E-state index is 0.0179. The van der Waals surface area contributed by atoms with E-state index in [2.05, 4.69) is 22.5 Å². The lowest BCUT2D eigenvalue weighted by Gasteiger charge is -2.25. The zero-order valence-corrected chi connectivity index (χ0v) is 16.9. The summed E-state index contributed by atoms with van der Waals surface area (Å²) in [5.41, 5.74) is 3.30. The predicted octanol–water partition coefficient (Wildman–Crippen LogP) is 4.12. The van der Waals surface area contributed by atoms with Gasteiger partial charge in [0.15, 0.2) is 0 Å². The van der Waals surface area contributed by atoms with Crippen molar-refractivity contribution in [3.05, 3.63) is 12.7 Å². The van der Waals surface area contributed by atoms with Crippen molar-refractivity contribution in [2.24, 2.45) is 0 Å². The van der Waals surface area contributed by atoms with E-state index in [1.54, 1.807) is 17.3 Å². The number of aliphatic hydroxyl groups excluding tert-OH is 1. The molecule has 0 saturated heterocycles. The molecular weight excluding hydrogens is 344 g/mol. The van der Waals surface area contributed by atoms with Gasteiger partial charge in [-0.25, -0.2) is 4.68 Å². The van der Waals surface area contributed by atoms with Gasteiger partial charge in [-0.3, -0.25) is 4.79 Å². The number of rotatable bonds is 18. The van der Waals surface area contributed by atoms with Crippen molar-refractivity contribution in [1.82, 2.24) is 14.9 Å². The van der Waals surface area contributed by atoms with Crippen molar-refractivity contribution >= 4 is 5.97 Å². The molecule has 0 amide bonds. The van der Waals surface area contributed by atoms with Crippen molar-refractivity contribution in [2.75, 3.05) is 5.43 Å². The molecule has 0 bridgehead atoms. The first kappa shape index (κ1) is 23.4. The Labute approximate surface area is 163 Å². The van der Waals surface area contributed by atoms with Crippen LogP contribution in [-0.4, -0.2) is 43.2 Å². The lowest BCUT2D eigenvalue weighted by atomic mass is 9.98. The van der Waals surface area contributed by atoms with Gasteiger partial charge in [0.25, 0.3) is 0 Å². The number of carboxylic acids is 1. The van der Waals surface area contributed by atoms with Gasteiger partial charge in [-0.2, -0.15) is 0 Å². The van der Waals surface area contributed by atoms with E-state index in [1.165, 1.54) is 32.1 Å². The Morgan fingerprint density at radius 3 is 2.11 bits per heavy atom. The van der Waals surface area contributed by atoms with Gasteiger partial charge in [0.05, 0.1) is 12.1 Å². The number of carbonyl (C=O) groups is 1. The van der Waals surface area contributed by atoms with E-state index < -0.39 is 5.97 Å². The summed E-state index contributed by atoms with van der Waals surface area (Å²) in [6.45, 7) is 2.22. The SMILES string of the molecule is CCCCCCCCC(O)C(CCCCCCCC(=O)O)Nn1cnnc1. The summed E-state index contributed by atoms with van der Waals surface area (Å²) in [4.78, 5) is 10.5. The first-order valence-corrected chi connectivity index (χ1v) is 10.6. The van der Waals surface area contributed by atoms with Gasteiger partial charge in [-0.05, 0) is 19.3 Å². The minimum Gasteiger partial charge on any atom is -0.481 e. The second-order valence-electron chi connectivity index (χ2n) is 7.43. The number of aromatic nitrogens is 3. The smallest absolute Gasteiger partial charge is 0.303 e. The highest BCUT2D eigenvalue weighted by atomic mass is 16.4. The molecule has 0 aromatic carbocycles. The highest BCUT2D eigenvalue weighted by molar-refractivity contribution is 5.66. The number of hydrogen-bond acceptors (Lipinski definition) is 5. The number of nitrogens with one attached hydrogen (secondary N) is 1. The van der Waals surface area contributed by atoms with Crippen LogP contribution in [-0.2, 0) is 4.79 Å². The van der Waals surface area contributed by atoms with E-state index in [1.807, 2.05) is 0 Å². The lowest BCUT2D eigenvalue weighted by Crippen LogP contribution is -2.38. The third-order valence-electron chi connectivity index (χ3n) is 4.96. The van der Waals surface area contributed by atoms with Crippen molar-refractivity contribution in [2.45, 2.75) is 109 Å². The van der Waals surface area contributed by atoms with Crippen LogP contribution in [0.3, 0.4) is 0 Å². The van der Waals surface area contributed by atoms with E-state index >= 15 is 0 Å². The van der Waals surface area contributed by atoms with E-state index in [9.17, 15) is 9.90 Å². The summed E-state index contributed by atoms with van der Waals surface area (Å²) >= 11 is 0. The molecule has 0 aliphatic heterocycles. The van der Waals surface area contributed by atoms with E-state index in [0.717, 1.165) is 51.4 Å². The molecule has 2 atom stereocenters. The van der Waals surface area contributed by atoms with Crippen molar-refractivity contribution < 1.29 is 15.0 Å². The Bertz CT molecular complexity index is 468. The van der Waals surface area contributed by atoms with Crippen LogP contribution in [0.5, 0.6) is 0 Å². The summed E-state index contributed by atoms with van der Waals surface area (Å²) in [6.07, 6.45) is 16.9. The van der Waals surface area contributed by atoms with Crippen molar-refractivity contribution in [3.8, 4) is 0 Å². The maximum absolute atomic E-state index is 10.6. The van der Waals surface area contributed by atoms with Gasteiger partial charge in [0, 0.05) is 6.42 Å². The lowest BCUT2D eigenvalue weighted by molar-refractivity contribution is -0.137. The molecule has 7 heteroatoms. The molecule has 0 saturated carbocycles. The van der Waals surface area contributed by atoms with Crippen LogP contribution in [0.2, 0.25) is 0 Å². The molecule has 0 aliphatic rings. The third kappa shape index (κ3) is 12.4. The van der Waals surface area contributed by atoms with Gasteiger partial charge in [-0.15, -0.1) is 10.2 Å². The van der Waals surface area contributed by atoms with Gasteiger partial charge in [0.1, 0.15) is 12.7 Å². The average molecular weight is 383 g/mol. The molecule has 3 N–H and O–H groups in total. The molecular formula is C20H38N4O3. The van der Waals surface area contributed by atoms with Crippen LogP contribution < -0.4 is 5.43 Å². The van der Waals surface area contributed by atoms with Crippen LogP contribution in [0.25, 0.3) is 0 Å². The zero-order valence-electron chi connectivity index (χ0n) is 16.9. The highest BCUT2D eigenvalue weighted by Crippen LogP contribution is 2.16. The molecule has 0 fully saturated rings. The molecule has 0 radical (unpaired) electrons. The minimum atomic E-state index is -0.717. The monoisotopic (exact) mass is 382 g/mol. The van der Waals surface area contributed by atoms with Crippen LogP contribution in [0.1, 0.15) is 96.8 Å². The number of unbranched alkanes of at least 4 members (excludes halogenated alkanes) is 9. The molecule has 7 nitrogen and oxygen atoms in total. The maximum atomic E-state index is 10.6. The predicted molar refractivity (Wildman–Crippen MR) is 107 cm³/mol. The van der Waals surface area contributed by atoms with Crippen LogP contribution >= 0.6 is 0 Å². The van der Waals surface area contributed by atoms with Crippen molar-refractivity contribution in [3.63, 3.8) is 0 Å². The summed E-state index contributed by atoms with van der Waals surface area (Å²) in [5, 5.41) is 26.9. The third-order valence-corrected chi connectivity index (χ3v) is 4.96. The summed E-state index contributed by atoms with van der Waals surface area (Å²) in [6, 6.07) is -0.0179. The molecule has 1 aromatic heterocycles. The van der Waals surface area contributed by atoms with Crippen LogP contribution in [0, 0.1) is 0 Å². The quantitative estimate of drug-likeness (QED) is 0.330. The molecule has 0 aliphatic carbocycles. The number of hydrogen-bond donors (Lipinski definition) is 3. The fourth-order valence-corrected chi connectivity index (χ4v) is 3.31. The van der Waals surface area contributed by atoms with Crippen LogP contribution in [0.4, 0.5) is 0 Å². The van der Waals surface area contributed by atoms with Gasteiger partial charge in [0.2, 0.25) is 0 Å².